The van der Waals surface area contributed by atoms with E-state index in [-0.39, 0.29) is 0 Å². The summed E-state index contributed by atoms with van der Waals surface area (Å²) in [5.74, 6) is 2.19. The molecule has 0 N–H and O–H groups in total. The molecule has 1 aromatic carbocycles. The second-order valence-corrected chi connectivity index (χ2v) is 3.99. The van der Waals surface area contributed by atoms with Crippen molar-refractivity contribution in [2.75, 3.05) is 14.2 Å². The van der Waals surface area contributed by atoms with Crippen molar-refractivity contribution in [2.24, 2.45) is 0 Å². The van der Waals surface area contributed by atoms with Crippen LogP contribution < -0.4 is 9.47 Å². The van der Waals surface area contributed by atoms with Crippen molar-refractivity contribution in [1.29, 1.82) is 0 Å². The minimum absolute atomic E-state index is 0.704. The molecule has 18 heavy (non-hydrogen) atoms. The van der Waals surface area contributed by atoms with Gasteiger partial charge in [-0.2, -0.15) is 0 Å². The Kier molecular flexibility index (Phi) is 3.46. The van der Waals surface area contributed by atoms with Crippen molar-refractivity contribution in [3.63, 3.8) is 0 Å². The van der Waals surface area contributed by atoms with E-state index in [9.17, 15) is 0 Å². The van der Waals surface area contributed by atoms with Crippen LogP contribution in [0.4, 0.5) is 0 Å². The van der Waals surface area contributed by atoms with Crippen LogP contribution in [0.25, 0.3) is 11.1 Å². The minimum Gasteiger partial charge on any atom is -0.493 e. The van der Waals surface area contributed by atoms with Crippen LogP contribution in [0.5, 0.6) is 11.5 Å². The third-order valence-corrected chi connectivity index (χ3v) is 2.79. The van der Waals surface area contributed by atoms with E-state index in [4.69, 9.17) is 9.47 Å². The first-order valence-electron chi connectivity index (χ1n) is 5.68. The van der Waals surface area contributed by atoms with E-state index in [2.05, 4.69) is 9.97 Å². The SMILES string of the molecule is COc1ccc(-c2cnc(C)nc2C)cc1OC. The van der Waals surface area contributed by atoms with E-state index >= 15 is 0 Å². The standard InChI is InChI=1S/C14H16N2O2/c1-9-12(8-15-10(2)16-9)11-5-6-13(17-3)14(7-11)18-4/h5-8H,1-4H3. The Hall–Kier alpha value is -2.10. The van der Waals surface area contributed by atoms with Gasteiger partial charge in [0.25, 0.3) is 0 Å². The monoisotopic (exact) mass is 244 g/mol. The molecule has 0 aliphatic rings. The molecule has 4 heteroatoms. The van der Waals surface area contributed by atoms with Crippen LogP contribution in [-0.2, 0) is 0 Å². The predicted octanol–water partition coefficient (Wildman–Crippen LogP) is 2.78. The van der Waals surface area contributed by atoms with Crippen LogP contribution in [0.1, 0.15) is 11.5 Å². The van der Waals surface area contributed by atoms with E-state index in [0.29, 0.717) is 11.5 Å². The second kappa shape index (κ2) is 5.04. The average Bonchev–Trinajstić information content (AvgIpc) is 2.38. The summed E-state index contributed by atoms with van der Waals surface area (Å²) in [5.41, 5.74) is 2.97. The molecule has 2 rings (SSSR count). The Morgan fingerprint density at radius 3 is 2.33 bits per heavy atom. The van der Waals surface area contributed by atoms with Crippen molar-refractivity contribution >= 4 is 0 Å². The molecule has 0 radical (unpaired) electrons. The number of rotatable bonds is 3. The molecule has 0 saturated heterocycles. The van der Waals surface area contributed by atoms with Crippen LogP contribution in [0, 0.1) is 13.8 Å². The quantitative estimate of drug-likeness (QED) is 0.832. The summed E-state index contributed by atoms with van der Waals surface area (Å²) in [4.78, 5) is 8.60. The lowest BCUT2D eigenvalue weighted by Gasteiger charge is -2.10. The van der Waals surface area contributed by atoms with Gasteiger partial charge < -0.3 is 9.47 Å². The minimum atomic E-state index is 0.704. The molecule has 0 saturated carbocycles. The van der Waals surface area contributed by atoms with Crippen molar-refractivity contribution in [2.45, 2.75) is 13.8 Å². The third kappa shape index (κ3) is 2.27. The van der Waals surface area contributed by atoms with Crippen molar-refractivity contribution < 1.29 is 9.47 Å². The molecular weight excluding hydrogens is 228 g/mol. The largest absolute Gasteiger partial charge is 0.493 e. The fraction of sp³-hybridized carbons (Fsp3) is 0.286. The summed E-state index contributed by atoms with van der Waals surface area (Å²) in [7, 11) is 3.25. The van der Waals surface area contributed by atoms with Gasteiger partial charge in [0.05, 0.1) is 14.2 Å². The summed E-state index contributed by atoms with van der Waals surface area (Å²) < 4.78 is 10.5. The van der Waals surface area contributed by atoms with Crippen molar-refractivity contribution in [1.82, 2.24) is 9.97 Å². The molecule has 2 aromatic rings. The van der Waals surface area contributed by atoms with Crippen LogP contribution in [-0.4, -0.2) is 24.2 Å². The Morgan fingerprint density at radius 2 is 1.72 bits per heavy atom. The van der Waals surface area contributed by atoms with Gasteiger partial charge >= 0.3 is 0 Å². The van der Waals surface area contributed by atoms with E-state index in [1.54, 1.807) is 14.2 Å². The first-order valence-corrected chi connectivity index (χ1v) is 5.68. The fourth-order valence-corrected chi connectivity index (χ4v) is 1.87. The van der Waals surface area contributed by atoms with Crippen molar-refractivity contribution in [3.8, 4) is 22.6 Å². The Labute approximate surface area is 107 Å². The van der Waals surface area contributed by atoms with Crippen molar-refractivity contribution in [3.05, 3.63) is 35.9 Å². The van der Waals surface area contributed by atoms with E-state index in [0.717, 1.165) is 22.6 Å². The first kappa shape index (κ1) is 12.4. The molecule has 94 valence electrons. The molecule has 1 heterocycles. The topological polar surface area (TPSA) is 44.2 Å². The molecule has 0 aliphatic carbocycles. The highest BCUT2D eigenvalue weighted by Gasteiger charge is 2.09. The smallest absolute Gasteiger partial charge is 0.161 e. The number of aryl methyl sites for hydroxylation is 2. The molecule has 0 fully saturated rings. The molecule has 0 atom stereocenters. The lowest BCUT2D eigenvalue weighted by molar-refractivity contribution is 0.355. The summed E-state index contributed by atoms with van der Waals surface area (Å²) in [5, 5.41) is 0. The molecule has 0 spiro atoms. The Balaban J connectivity index is 2.51. The van der Waals surface area contributed by atoms with Gasteiger partial charge in [0.15, 0.2) is 11.5 Å². The number of aromatic nitrogens is 2. The summed E-state index contributed by atoms with van der Waals surface area (Å²) in [6.07, 6.45) is 1.83. The van der Waals surface area contributed by atoms with Gasteiger partial charge in [-0.15, -0.1) is 0 Å². The molecule has 0 aliphatic heterocycles. The van der Waals surface area contributed by atoms with E-state index < -0.39 is 0 Å². The highest BCUT2D eigenvalue weighted by atomic mass is 16.5. The molecular formula is C14H16N2O2. The van der Waals surface area contributed by atoms with E-state index in [1.807, 2.05) is 38.2 Å². The number of benzene rings is 1. The van der Waals surface area contributed by atoms with Crippen LogP contribution >= 0.6 is 0 Å². The first-order chi connectivity index (χ1) is 8.65. The van der Waals surface area contributed by atoms with Gasteiger partial charge in [0.2, 0.25) is 0 Å². The maximum atomic E-state index is 5.30. The van der Waals surface area contributed by atoms with Gasteiger partial charge in [-0.25, -0.2) is 9.97 Å². The normalized spacial score (nSPS) is 10.2. The average molecular weight is 244 g/mol. The van der Waals surface area contributed by atoms with Gasteiger partial charge in [0, 0.05) is 17.5 Å². The fourth-order valence-electron chi connectivity index (χ4n) is 1.87. The Morgan fingerprint density at radius 1 is 1.00 bits per heavy atom. The van der Waals surface area contributed by atoms with Crippen LogP contribution in [0.3, 0.4) is 0 Å². The maximum Gasteiger partial charge on any atom is 0.161 e. The highest BCUT2D eigenvalue weighted by molar-refractivity contribution is 5.68. The molecule has 0 bridgehead atoms. The lowest BCUT2D eigenvalue weighted by Crippen LogP contribution is -1.95. The number of methoxy groups -OCH3 is 2. The van der Waals surface area contributed by atoms with E-state index in [1.165, 1.54) is 0 Å². The van der Waals surface area contributed by atoms with Crippen LogP contribution in [0.15, 0.2) is 24.4 Å². The number of hydrogen-bond acceptors (Lipinski definition) is 4. The molecule has 0 unspecified atom stereocenters. The summed E-state index contributed by atoms with van der Waals surface area (Å²) >= 11 is 0. The lowest BCUT2D eigenvalue weighted by atomic mass is 10.1. The summed E-state index contributed by atoms with van der Waals surface area (Å²) in [6.45, 7) is 3.85. The second-order valence-electron chi connectivity index (χ2n) is 3.99. The molecule has 1 aromatic heterocycles. The van der Waals surface area contributed by atoms with Gasteiger partial charge in [-0.05, 0) is 31.5 Å². The third-order valence-electron chi connectivity index (χ3n) is 2.79. The number of ether oxygens (including phenoxy) is 2. The Bertz CT molecular complexity index is 568. The predicted molar refractivity (Wildman–Crippen MR) is 70.0 cm³/mol. The van der Waals surface area contributed by atoms with Crippen LogP contribution in [0.2, 0.25) is 0 Å². The van der Waals surface area contributed by atoms with Gasteiger partial charge in [-0.1, -0.05) is 6.07 Å². The highest BCUT2D eigenvalue weighted by Crippen LogP contribution is 2.32. The number of hydrogen-bond donors (Lipinski definition) is 0. The zero-order valence-electron chi connectivity index (χ0n) is 11.0. The maximum absolute atomic E-state index is 5.30. The number of nitrogens with zero attached hydrogens (tertiary/aromatic N) is 2. The summed E-state index contributed by atoms with van der Waals surface area (Å²) in [6, 6.07) is 5.79. The zero-order chi connectivity index (χ0) is 13.1. The molecule has 4 nitrogen and oxygen atoms in total. The van der Waals surface area contributed by atoms with Gasteiger partial charge in [0.1, 0.15) is 5.82 Å². The zero-order valence-corrected chi connectivity index (χ0v) is 11.0. The molecule has 0 amide bonds. The van der Waals surface area contributed by atoms with Gasteiger partial charge in [-0.3, -0.25) is 0 Å².